The predicted molar refractivity (Wildman–Crippen MR) is 142 cm³/mol. The number of fused-ring (bicyclic) bond motifs is 1. The average Bonchev–Trinajstić information content (AvgIpc) is 3.21. The van der Waals surface area contributed by atoms with Gasteiger partial charge in [0.15, 0.2) is 0 Å². The lowest BCUT2D eigenvalue weighted by atomic mass is 9.92. The highest BCUT2D eigenvalue weighted by Crippen LogP contribution is 2.32. The Balaban J connectivity index is 1.65. The normalized spacial score (nSPS) is 12.2. The molecule has 0 saturated carbocycles. The van der Waals surface area contributed by atoms with Gasteiger partial charge in [-0.25, -0.2) is 0 Å². The molecule has 182 valence electrons. The number of ether oxygens (including phenoxy) is 1. The van der Waals surface area contributed by atoms with E-state index >= 15 is 0 Å². The summed E-state index contributed by atoms with van der Waals surface area (Å²) in [6, 6.07) is 17.7. The molecule has 0 aliphatic rings. The number of carbonyl (C=O) groups excluding carboxylic acids is 1. The number of para-hydroxylation sites is 1. The van der Waals surface area contributed by atoms with Crippen LogP contribution >= 0.6 is 0 Å². The SMILES string of the molecule is Cc1cc(C)c(-c2ccc(OC(C)C)c(C(=O)N[C@@H](CO)Cc3c[nH]c4ccccc34)c2)c(C)c1. The molecular formula is C30H34N2O3. The van der Waals surface area contributed by atoms with Crippen LogP contribution in [0.4, 0.5) is 0 Å². The van der Waals surface area contributed by atoms with Gasteiger partial charge < -0.3 is 20.1 Å². The minimum atomic E-state index is -0.430. The predicted octanol–water partition coefficient (Wildman–Crippen LogP) is 5.88. The molecule has 35 heavy (non-hydrogen) atoms. The van der Waals surface area contributed by atoms with Crippen molar-refractivity contribution in [3.63, 3.8) is 0 Å². The summed E-state index contributed by atoms with van der Waals surface area (Å²) in [6.45, 7) is 9.99. The molecule has 1 aromatic heterocycles. The van der Waals surface area contributed by atoms with Gasteiger partial charge in [-0.15, -0.1) is 0 Å². The molecular weight excluding hydrogens is 436 g/mol. The maximum atomic E-state index is 13.5. The van der Waals surface area contributed by atoms with Crippen LogP contribution in [0.3, 0.4) is 0 Å². The van der Waals surface area contributed by atoms with Gasteiger partial charge in [0.2, 0.25) is 0 Å². The van der Waals surface area contributed by atoms with E-state index < -0.39 is 6.04 Å². The van der Waals surface area contributed by atoms with Crippen LogP contribution in [0.5, 0.6) is 5.75 Å². The monoisotopic (exact) mass is 470 g/mol. The molecule has 0 bridgehead atoms. The first-order valence-corrected chi connectivity index (χ1v) is 12.1. The van der Waals surface area contributed by atoms with E-state index in [0.717, 1.165) is 27.6 Å². The molecule has 0 fully saturated rings. The van der Waals surface area contributed by atoms with Gasteiger partial charge in [-0.05, 0) is 87.1 Å². The summed E-state index contributed by atoms with van der Waals surface area (Å²) in [5.74, 6) is 0.274. The van der Waals surface area contributed by atoms with Gasteiger partial charge in [0.05, 0.1) is 24.3 Å². The quantitative estimate of drug-likeness (QED) is 0.301. The maximum absolute atomic E-state index is 13.5. The van der Waals surface area contributed by atoms with Crippen molar-refractivity contribution in [3.05, 3.63) is 88.6 Å². The van der Waals surface area contributed by atoms with Gasteiger partial charge in [-0.2, -0.15) is 0 Å². The molecule has 0 aliphatic carbocycles. The standard InChI is InChI=1S/C30H34N2O3/c1-18(2)35-28-11-10-22(29-20(4)12-19(3)13-21(29)5)15-26(28)30(34)32-24(17-33)14-23-16-31-27-9-7-6-8-25(23)27/h6-13,15-16,18,24,31,33H,14,17H2,1-5H3,(H,32,34)/t24-/m1/s1. The number of aromatic nitrogens is 1. The molecule has 0 saturated heterocycles. The summed E-state index contributed by atoms with van der Waals surface area (Å²) >= 11 is 0. The number of carbonyl (C=O) groups is 1. The van der Waals surface area contributed by atoms with Gasteiger partial charge >= 0.3 is 0 Å². The molecule has 0 spiro atoms. The van der Waals surface area contributed by atoms with Crippen molar-refractivity contribution in [1.29, 1.82) is 0 Å². The summed E-state index contributed by atoms with van der Waals surface area (Å²) in [5.41, 5.74) is 8.19. The molecule has 4 aromatic rings. The van der Waals surface area contributed by atoms with Crippen LogP contribution in [0.2, 0.25) is 0 Å². The average molecular weight is 471 g/mol. The number of rotatable bonds is 8. The van der Waals surface area contributed by atoms with E-state index in [9.17, 15) is 9.90 Å². The van der Waals surface area contributed by atoms with E-state index in [1.165, 1.54) is 16.7 Å². The number of benzene rings is 3. The van der Waals surface area contributed by atoms with Crippen LogP contribution in [0.15, 0.2) is 60.8 Å². The van der Waals surface area contributed by atoms with Crippen LogP contribution in [0.1, 0.15) is 46.5 Å². The third-order valence-corrected chi connectivity index (χ3v) is 6.25. The Hall–Kier alpha value is -3.57. The fraction of sp³-hybridized carbons (Fsp3) is 0.300. The summed E-state index contributed by atoms with van der Waals surface area (Å²) in [7, 11) is 0. The second-order valence-electron chi connectivity index (χ2n) is 9.57. The lowest BCUT2D eigenvalue weighted by Gasteiger charge is -2.20. The van der Waals surface area contributed by atoms with E-state index in [2.05, 4.69) is 43.2 Å². The van der Waals surface area contributed by atoms with E-state index in [0.29, 0.717) is 17.7 Å². The Labute approximate surface area is 207 Å². The maximum Gasteiger partial charge on any atom is 0.255 e. The number of hydrogen-bond acceptors (Lipinski definition) is 3. The molecule has 1 amide bonds. The van der Waals surface area contributed by atoms with Gasteiger partial charge in [0.1, 0.15) is 5.75 Å². The molecule has 5 heteroatoms. The third-order valence-electron chi connectivity index (χ3n) is 6.25. The molecule has 3 N–H and O–H groups in total. The highest BCUT2D eigenvalue weighted by atomic mass is 16.5. The molecule has 0 unspecified atom stereocenters. The van der Waals surface area contributed by atoms with Crippen LogP contribution in [-0.4, -0.2) is 34.8 Å². The number of aromatic amines is 1. The number of aliphatic hydroxyl groups is 1. The highest BCUT2D eigenvalue weighted by molar-refractivity contribution is 5.98. The zero-order chi connectivity index (χ0) is 25.1. The fourth-order valence-electron chi connectivity index (χ4n) is 4.85. The Kier molecular flexibility index (Phi) is 7.27. The van der Waals surface area contributed by atoms with E-state index in [1.807, 2.05) is 62.5 Å². The molecule has 3 aromatic carbocycles. The van der Waals surface area contributed by atoms with Crippen molar-refractivity contribution in [2.24, 2.45) is 0 Å². The molecule has 4 rings (SSSR count). The molecule has 0 aliphatic heterocycles. The molecule has 5 nitrogen and oxygen atoms in total. The zero-order valence-electron chi connectivity index (χ0n) is 21.1. The number of aryl methyl sites for hydroxylation is 3. The van der Waals surface area contributed by atoms with E-state index in [4.69, 9.17) is 4.74 Å². The number of nitrogens with one attached hydrogen (secondary N) is 2. The van der Waals surface area contributed by atoms with Crippen molar-refractivity contribution < 1.29 is 14.6 Å². The van der Waals surface area contributed by atoms with Gasteiger partial charge in [0.25, 0.3) is 5.91 Å². The molecule has 0 radical (unpaired) electrons. The first kappa shape index (κ1) is 24.6. The number of H-pyrrole nitrogens is 1. The highest BCUT2D eigenvalue weighted by Gasteiger charge is 2.21. The summed E-state index contributed by atoms with van der Waals surface area (Å²) in [6.07, 6.45) is 2.38. The smallest absolute Gasteiger partial charge is 0.255 e. The lowest BCUT2D eigenvalue weighted by molar-refractivity contribution is 0.0910. The van der Waals surface area contributed by atoms with Crippen molar-refractivity contribution in [2.75, 3.05) is 6.61 Å². The van der Waals surface area contributed by atoms with Crippen LogP contribution in [0.25, 0.3) is 22.0 Å². The molecule has 1 atom stereocenters. The number of hydrogen-bond donors (Lipinski definition) is 3. The minimum Gasteiger partial charge on any atom is -0.490 e. The van der Waals surface area contributed by atoms with Crippen LogP contribution in [-0.2, 0) is 6.42 Å². The van der Waals surface area contributed by atoms with Crippen LogP contribution < -0.4 is 10.1 Å². The lowest BCUT2D eigenvalue weighted by Crippen LogP contribution is -2.39. The summed E-state index contributed by atoms with van der Waals surface area (Å²) in [5, 5.41) is 14.2. The Morgan fingerprint density at radius 1 is 1.03 bits per heavy atom. The van der Waals surface area contributed by atoms with Crippen molar-refractivity contribution in [3.8, 4) is 16.9 Å². The van der Waals surface area contributed by atoms with Crippen molar-refractivity contribution in [1.82, 2.24) is 10.3 Å². The van der Waals surface area contributed by atoms with E-state index in [-0.39, 0.29) is 18.6 Å². The second kappa shape index (κ2) is 10.4. The van der Waals surface area contributed by atoms with Crippen LogP contribution in [0, 0.1) is 20.8 Å². The van der Waals surface area contributed by atoms with E-state index in [1.54, 1.807) is 0 Å². The van der Waals surface area contributed by atoms with Gasteiger partial charge in [-0.3, -0.25) is 4.79 Å². The Morgan fingerprint density at radius 3 is 2.43 bits per heavy atom. The Morgan fingerprint density at radius 2 is 1.74 bits per heavy atom. The minimum absolute atomic E-state index is 0.0740. The van der Waals surface area contributed by atoms with Crippen molar-refractivity contribution >= 4 is 16.8 Å². The molecule has 1 heterocycles. The van der Waals surface area contributed by atoms with Gasteiger partial charge in [0, 0.05) is 17.1 Å². The number of aliphatic hydroxyl groups excluding tert-OH is 1. The second-order valence-corrected chi connectivity index (χ2v) is 9.57. The first-order chi connectivity index (χ1) is 16.8. The zero-order valence-corrected chi connectivity index (χ0v) is 21.1. The first-order valence-electron chi connectivity index (χ1n) is 12.1. The Bertz CT molecular complexity index is 1330. The summed E-state index contributed by atoms with van der Waals surface area (Å²) < 4.78 is 5.99. The summed E-state index contributed by atoms with van der Waals surface area (Å²) in [4.78, 5) is 16.8. The van der Waals surface area contributed by atoms with Gasteiger partial charge in [-0.1, -0.05) is 42.0 Å². The third kappa shape index (κ3) is 5.41. The largest absolute Gasteiger partial charge is 0.490 e. The topological polar surface area (TPSA) is 74.3 Å². The van der Waals surface area contributed by atoms with Crippen molar-refractivity contribution in [2.45, 2.75) is 53.2 Å². The number of amides is 1. The fourth-order valence-corrected chi connectivity index (χ4v) is 4.85.